The molecule has 0 spiro atoms. The van der Waals surface area contributed by atoms with Crippen LogP contribution >= 0.6 is 15.6 Å². The summed E-state index contributed by atoms with van der Waals surface area (Å²) in [5.41, 5.74) is 8.05. The highest BCUT2D eigenvalue weighted by Gasteiger charge is 2.34. The van der Waals surface area contributed by atoms with Crippen LogP contribution in [-0.2, 0) is 20.3 Å². The topological polar surface area (TPSA) is 69.7 Å². The molecule has 0 radical (unpaired) electrons. The summed E-state index contributed by atoms with van der Waals surface area (Å²) >= 11 is 0. The van der Waals surface area contributed by atoms with Gasteiger partial charge in [-0.05, 0) is 143 Å². The monoisotopic (exact) mass is 618 g/mol. The zero-order valence-corrected chi connectivity index (χ0v) is 29.9. The van der Waals surface area contributed by atoms with Crippen molar-refractivity contribution in [3.63, 3.8) is 0 Å². The van der Waals surface area contributed by atoms with Gasteiger partial charge < -0.3 is 18.6 Å². The molecule has 236 valence electrons. The fourth-order valence-electron chi connectivity index (χ4n) is 5.69. The number of hydrogen-bond donors (Lipinski definition) is 0. The largest absolute Gasteiger partial charge is 0.487 e. The van der Waals surface area contributed by atoms with E-state index in [1.54, 1.807) is 13.3 Å². The van der Waals surface area contributed by atoms with Crippen molar-refractivity contribution < 1.29 is 23.4 Å². The van der Waals surface area contributed by atoms with Gasteiger partial charge in [-0.3, -0.25) is 4.79 Å². The van der Waals surface area contributed by atoms with Gasteiger partial charge in [0.25, 0.3) is 0 Å². The van der Waals surface area contributed by atoms with Crippen molar-refractivity contribution >= 4 is 21.6 Å². The molecule has 42 heavy (non-hydrogen) atoms. The average molecular weight is 619 g/mol. The molecule has 1 aromatic carbocycles. The number of esters is 1. The van der Waals surface area contributed by atoms with E-state index >= 15 is 0 Å². The van der Waals surface area contributed by atoms with Gasteiger partial charge >= 0.3 is 5.97 Å². The Labute approximate surface area is 257 Å². The lowest BCUT2D eigenvalue weighted by Gasteiger charge is -2.38. The standard InChI is InChI=1S/C35H56O5P2/c1-24(2)14-11-15-25(3)16-12-17-26(4)18-13-22-35(8)23-21-30-29(7)33(27(5)28(6)34(30)40-35)39-31(36)19-20-32(41(9)37)42(10)38/h14,16,18,32,41-42H,11-13,15,17,19-23H2,1-10H3/b25-16+,26-18+. The molecule has 0 amide bonds. The Balaban J connectivity index is 2.00. The minimum absolute atomic E-state index is 0.113. The van der Waals surface area contributed by atoms with Crippen LogP contribution in [0.3, 0.4) is 0 Å². The minimum Gasteiger partial charge on any atom is -0.487 e. The first kappa shape index (κ1) is 36.4. The van der Waals surface area contributed by atoms with Crippen LogP contribution in [0.5, 0.6) is 11.5 Å². The van der Waals surface area contributed by atoms with E-state index in [-0.39, 0.29) is 23.4 Å². The summed E-state index contributed by atoms with van der Waals surface area (Å²) in [7, 11) is -3.92. The number of carbonyl (C=O) groups excluding carboxylic acids is 1. The van der Waals surface area contributed by atoms with Crippen LogP contribution in [0.1, 0.15) is 115 Å². The van der Waals surface area contributed by atoms with Gasteiger partial charge in [0.2, 0.25) is 0 Å². The number of rotatable bonds is 15. The van der Waals surface area contributed by atoms with Gasteiger partial charge in [-0.1, -0.05) is 34.9 Å². The number of hydrogen-bond acceptors (Lipinski definition) is 5. The van der Waals surface area contributed by atoms with E-state index in [1.165, 1.54) is 16.7 Å². The van der Waals surface area contributed by atoms with E-state index in [1.807, 2.05) is 20.8 Å². The second kappa shape index (κ2) is 16.9. The molecule has 2 rings (SSSR count). The van der Waals surface area contributed by atoms with Crippen LogP contribution in [0.2, 0.25) is 0 Å². The van der Waals surface area contributed by atoms with E-state index in [9.17, 15) is 13.9 Å². The van der Waals surface area contributed by atoms with Crippen LogP contribution in [0.25, 0.3) is 0 Å². The lowest BCUT2D eigenvalue weighted by atomic mass is 9.85. The third-order valence-electron chi connectivity index (χ3n) is 8.69. The van der Waals surface area contributed by atoms with E-state index in [0.717, 1.165) is 79.4 Å². The van der Waals surface area contributed by atoms with Crippen molar-refractivity contribution in [3.8, 4) is 11.5 Å². The van der Waals surface area contributed by atoms with Crippen LogP contribution < -0.4 is 9.47 Å². The van der Waals surface area contributed by atoms with Crippen molar-refractivity contribution in [1.29, 1.82) is 0 Å². The molecule has 1 aromatic rings. The molecule has 0 saturated heterocycles. The van der Waals surface area contributed by atoms with Crippen molar-refractivity contribution in [2.75, 3.05) is 13.3 Å². The molecule has 3 unspecified atom stereocenters. The van der Waals surface area contributed by atoms with Gasteiger partial charge in [0.15, 0.2) is 0 Å². The van der Waals surface area contributed by atoms with Crippen LogP contribution in [0.15, 0.2) is 34.9 Å². The summed E-state index contributed by atoms with van der Waals surface area (Å²) in [6.45, 7) is 20.2. The molecular formula is C35H56O5P2. The SMILES string of the molecule is CC(C)=CCC/C(C)=C/CC/C(C)=C/CCC1(C)CCc2c(C)c(OC(=O)CCC([PH](C)=O)[PH](C)=O)c(C)c(C)c2O1. The Hall–Kier alpha value is -1.83. The Morgan fingerprint density at radius 3 is 2.02 bits per heavy atom. The van der Waals surface area contributed by atoms with E-state index in [0.29, 0.717) is 12.2 Å². The molecule has 0 aliphatic carbocycles. The first-order valence-electron chi connectivity index (χ1n) is 15.6. The smallest absolute Gasteiger partial charge is 0.311 e. The normalized spacial score (nSPS) is 19.4. The molecule has 1 aliphatic rings. The molecule has 0 N–H and O–H groups in total. The van der Waals surface area contributed by atoms with Crippen molar-refractivity contribution in [1.82, 2.24) is 0 Å². The number of ether oxygens (including phenoxy) is 2. The fraction of sp³-hybridized carbons (Fsp3) is 0.629. The number of carbonyl (C=O) groups is 1. The molecular weight excluding hydrogens is 562 g/mol. The molecule has 0 aromatic heterocycles. The first-order valence-corrected chi connectivity index (χ1v) is 19.6. The number of fused-ring (bicyclic) bond motifs is 1. The van der Waals surface area contributed by atoms with Gasteiger partial charge in [0.1, 0.15) is 17.1 Å². The highest BCUT2D eigenvalue weighted by atomic mass is 31.2. The lowest BCUT2D eigenvalue weighted by molar-refractivity contribution is -0.134. The maximum Gasteiger partial charge on any atom is 0.311 e. The first-order chi connectivity index (χ1) is 19.6. The van der Waals surface area contributed by atoms with Crippen molar-refractivity contribution in [2.45, 2.75) is 131 Å². The van der Waals surface area contributed by atoms with Gasteiger partial charge in [0, 0.05) is 12.0 Å². The lowest BCUT2D eigenvalue weighted by Crippen LogP contribution is -2.37. The molecule has 7 heteroatoms. The maximum atomic E-state index is 12.7. The van der Waals surface area contributed by atoms with Gasteiger partial charge in [-0.15, -0.1) is 0 Å². The van der Waals surface area contributed by atoms with E-state index in [4.69, 9.17) is 9.47 Å². The fourth-order valence-corrected chi connectivity index (χ4v) is 9.08. The number of allylic oxidation sites excluding steroid dienone is 6. The number of benzene rings is 1. The molecule has 1 heterocycles. The van der Waals surface area contributed by atoms with Gasteiger partial charge in [-0.2, -0.15) is 0 Å². The second-order valence-corrected chi connectivity index (χ2v) is 17.3. The molecule has 0 bridgehead atoms. The van der Waals surface area contributed by atoms with Crippen LogP contribution in [-0.4, -0.2) is 30.3 Å². The highest BCUT2D eigenvalue weighted by Crippen LogP contribution is 2.46. The van der Waals surface area contributed by atoms with Gasteiger partial charge in [0.05, 0.1) is 21.0 Å². The minimum atomic E-state index is -1.96. The van der Waals surface area contributed by atoms with Crippen LogP contribution in [0, 0.1) is 20.8 Å². The summed E-state index contributed by atoms with van der Waals surface area (Å²) < 4.78 is 36.5. The summed E-state index contributed by atoms with van der Waals surface area (Å²) in [6, 6.07) is 0. The van der Waals surface area contributed by atoms with Crippen molar-refractivity contribution in [3.05, 3.63) is 57.2 Å². The average Bonchev–Trinajstić information content (AvgIpc) is 2.89. The van der Waals surface area contributed by atoms with Crippen LogP contribution in [0.4, 0.5) is 0 Å². The third-order valence-corrected chi connectivity index (χ3v) is 13.7. The highest BCUT2D eigenvalue weighted by molar-refractivity contribution is 7.63. The molecule has 0 saturated carbocycles. The summed E-state index contributed by atoms with van der Waals surface area (Å²) in [4.78, 5) is 12.7. The van der Waals surface area contributed by atoms with E-state index < -0.39 is 15.6 Å². The quantitative estimate of drug-likeness (QED) is 0.0847. The predicted octanol–water partition coefficient (Wildman–Crippen LogP) is 10.3. The molecule has 5 nitrogen and oxygen atoms in total. The molecule has 3 atom stereocenters. The van der Waals surface area contributed by atoms with E-state index in [2.05, 4.69) is 52.8 Å². The Bertz CT molecular complexity index is 1240. The Morgan fingerprint density at radius 1 is 0.881 bits per heavy atom. The summed E-state index contributed by atoms with van der Waals surface area (Å²) in [5, 5.41) is -0.381. The third kappa shape index (κ3) is 11.0. The summed E-state index contributed by atoms with van der Waals surface area (Å²) in [6.07, 6.45) is 15.7. The molecule has 0 fully saturated rings. The Kier molecular flexibility index (Phi) is 14.6. The van der Waals surface area contributed by atoms with Gasteiger partial charge in [-0.25, -0.2) is 0 Å². The zero-order valence-electron chi connectivity index (χ0n) is 27.9. The zero-order chi connectivity index (χ0) is 31.6. The predicted molar refractivity (Wildman–Crippen MR) is 181 cm³/mol. The Morgan fingerprint density at radius 2 is 1.45 bits per heavy atom. The van der Waals surface area contributed by atoms with Crippen molar-refractivity contribution in [2.24, 2.45) is 0 Å². The summed E-state index contributed by atoms with van der Waals surface area (Å²) in [5.74, 6) is 1.17. The maximum absolute atomic E-state index is 12.7. The molecule has 1 aliphatic heterocycles. The second-order valence-electron chi connectivity index (χ2n) is 12.8.